The van der Waals surface area contributed by atoms with Gasteiger partial charge in [-0.2, -0.15) is 0 Å². The zero-order valence-corrected chi connectivity index (χ0v) is 15.2. The first-order valence-corrected chi connectivity index (χ1v) is 9.11. The zero-order valence-electron chi connectivity index (χ0n) is 14.4. The average Bonchev–Trinajstić information content (AvgIpc) is 2.60. The third kappa shape index (κ3) is 4.96. The molecule has 0 spiro atoms. The molecule has 1 amide bonds. The van der Waals surface area contributed by atoms with Crippen molar-refractivity contribution in [1.82, 2.24) is 10.2 Å². The second-order valence-corrected chi connectivity index (χ2v) is 7.10. The third-order valence-corrected chi connectivity index (χ3v) is 4.90. The topological polar surface area (TPSA) is 52.6 Å². The lowest BCUT2D eigenvalue weighted by molar-refractivity contribution is -0.121. The highest BCUT2D eigenvalue weighted by atomic mass is 35.5. The molecular weight excluding hydrogens is 355 g/mol. The molecule has 26 heavy (non-hydrogen) atoms. The van der Waals surface area contributed by atoms with Crippen molar-refractivity contribution in [1.29, 1.82) is 0 Å². The average molecular weight is 377 g/mol. The molecule has 1 heterocycles. The summed E-state index contributed by atoms with van der Waals surface area (Å²) in [6.07, 6.45) is 2.09. The summed E-state index contributed by atoms with van der Waals surface area (Å²) in [6.45, 7) is 2.15. The van der Waals surface area contributed by atoms with E-state index in [1.807, 2.05) is 6.07 Å². The maximum absolute atomic E-state index is 13.8. The van der Waals surface area contributed by atoms with Crippen LogP contribution >= 0.6 is 11.6 Å². The Morgan fingerprint density at radius 3 is 2.88 bits per heavy atom. The molecule has 1 fully saturated rings. The molecule has 0 aliphatic carbocycles. The van der Waals surface area contributed by atoms with Crippen LogP contribution in [0.3, 0.4) is 0 Å². The second-order valence-electron chi connectivity index (χ2n) is 6.70. The number of carbonyl (C=O) groups excluding carboxylic acids is 1. The van der Waals surface area contributed by atoms with Gasteiger partial charge in [0.25, 0.3) is 0 Å². The number of aromatic hydroxyl groups is 1. The van der Waals surface area contributed by atoms with Gasteiger partial charge in [0, 0.05) is 24.7 Å². The molecule has 3 rings (SSSR count). The number of piperidine rings is 1. The summed E-state index contributed by atoms with van der Waals surface area (Å²) in [4.78, 5) is 14.5. The van der Waals surface area contributed by atoms with E-state index in [-0.39, 0.29) is 35.0 Å². The number of phenolic OH excluding ortho intramolecular Hbond substituents is 1. The molecule has 0 bridgehead atoms. The molecule has 6 heteroatoms. The van der Waals surface area contributed by atoms with Crippen LogP contribution in [0.15, 0.2) is 42.5 Å². The fourth-order valence-corrected chi connectivity index (χ4v) is 3.51. The number of rotatable bonds is 5. The number of amides is 1. The van der Waals surface area contributed by atoms with E-state index in [1.54, 1.807) is 24.3 Å². The highest BCUT2D eigenvalue weighted by Crippen LogP contribution is 2.24. The fourth-order valence-electron chi connectivity index (χ4n) is 3.31. The number of hydrogen-bond acceptors (Lipinski definition) is 3. The van der Waals surface area contributed by atoms with E-state index in [9.17, 15) is 14.3 Å². The lowest BCUT2D eigenvalue weighted by Gasteiger charge is -2.33. The Balaban J connectivity index is 1.53. The number of phenols is 1. The standard InChI is InChI=1S/C20H22ClFN2O2/c21-17-10-14(7-8-19(17)25)11-20(26)23-16-5-3-9-24(13-16)12-15-4-1-2-6-18(15)22/h1-2,4,6-8,10,16,25H,3,5,9,11-13H2,(H,23,26)/t16-/m0/s1. The molecule has 0 radical (unpaired) electrons. The van der Waals surface area contributed by atoms with Gasteiger partial charge >= 0.3 is 0 Å². The summed E-state index contributed by atoms with van der Waals surface area (Å²) >= 11 is 5.88. The van der Waals surface area contributed by atoms with E-state index in [2.05, 4.69) is 10.2 Å². The molecule has 2 aromatic carbocycles. The van der Waals surface area contributed by atoms with Crippen molar-refractivity contribution in [3.63, 3.8) is 0 Å². The molecule has 0 aromatic heterocycles. The van der Waals surface area contributed by atoms with Gasteiger partial charge in [0.2, 0.25) is 5.91 Å². The molecule has 0 saturated carbocycles. The van der Waals surface area contributed by atoms with Crippen molar-refractivity contribution >= 4 is 17.5 Å². The Morgan fingerprint density at radius 2 is 2.12 bits per heavy atom. The first kappa shape index (κ1) is 18.7. The Bertz CT molecular complexity index is 784. The summed E-state index contributed by atoms with van der Waals surface area (Å²) in [5.41, 5.74) is 1.43. The van der Waals surface area contributed by atoms with Crippen molar-refractivity contribution in [2.75, 3.05) is 13.1 Å². The van der Waals surface area contributed by atoms with Gasteiger partial charge < -0.3 is 10.4 Å². The van der Waals surface area contributed by atoms with Crippen molar-refractivity contribution in [2.45, 2.75) is 31.8 Å². The quantitative estimate of drug-likeness (QED) is 0.839. The van der Waals surface area contributed by atoms with Crippen LogP contribution in [0.1, 0.15) is 24.0 Å². The largest absolute Gasteiger partial charge is 0.506 e. The van der Waals surface area contributed by atoms with Gasteiger partial charge in [0.05, 0.1) is 11.4 Å². The van der Waals surface area contributed by atoms with E-state index in [0.717, 1.165) is 24.9 Å². The maximum Gasteiger partial charge on any atom is 0.224 e. The third-order valence-electron chi connectivity index (χ3n) is 4.60. The molecule has 4 nitrogen and oxygen atoms in total. The van der Waals surface area contributed by atoms with Gasteiger partial charge in [0.15, 0.2) is 0 Å². The molecule has 2 N–H and O–H groups in total. The lowest BCUT2D eigenvalue weighted by Crippen LogP contribution is -2.47. The summed E-state index contributed by atoms with van der Waals surface area (Å²) < 4.78 is 13.8. The number of carbonyl (C=O) groups is 1. The van der Waals surface area contributed by atoms with Crippen molar-refractivity contribution in [3.05, 3.63) is 64.4 Å². The van der Waals surface area contributed by atoms with Crippen LogP contribution in [0, 0.1) is 5.82 Å². The van der Waals surface area contributed by atoms with Crippen LogP contribution in [0.25, 0.3) is 0 Å². The Morgan fingerprint density at radius 1 is 1.31 bits per heavy atom. The highest BCUT2D eigenvalue weighted by Gasteiger charge is 2.22. The Hall–Kier alpha value is -2.11. The number of benzene rings is 2. The van der Waals surface area contributed by atoms with E-state index >= 15 is 0 Å². The van der Waals surface area contributed by atoms with E-state index in [0.29, 0.717) is 18.7 Å². The molecule has 138 valence electrons. The molecule has 1 aliphatic rings. The number of nitrogens with one attached hydrogen (secondary N) is 1. The smallest absolute Gasteiger partial charge is 0.224 e. The molecule has 1 saturated heterocycles. The Kier molecular flexibility index (Phi) is 6.12. The number of nitrogens with zero attached hydrogens (tertiary/aromatic N) is 1. The van der Waals surface area contributed by atoms with Gasteiger partial charge in [-0.1, -0.05) is 35.9 Å². The van der Waals surface area contributed by atoms with Gasteiger partial charge in [-0.25, -0.2) is 4.39 Å². The van der Waals surface area contributed by atoms with Gasteiger partial charge in [-0.3, -0.25) is 9.69 Å². The predicted octanol–water partition coefficient (Wildman–Crippen LogP) is 3.51. The molecule has 2 aromatic rings. The minimum Gasteiger partial charge on any atom is -0.506 e. The second kappa shape index (κ2) is 8.52. The fraction of sp³-hybridized carbons (Fsp3) is 0.350. The van der Waals surface area contributed by atoms with Gasteiger partial charge in [0.1, 0.15) is 11.6 Å². The van der Waals surface area contributed by atoms with Crippen LogP contribution in [0.4, 0.5) is 4.39 Å². The minimum atomic E-state index is -0.192. The van der Waals surface area contributed by atoms with Crippen LogP contribution < -0.4 is 5.32 Å². The molecule has 1 aliphatic heterocycles. The summed E-state index contributed by atoms with van der Waals surface area (Å²) in [7, 11) is 0. The van der Waals surface area contributed by atoms with E-state index in [1.165, 1.54) is 12.1 Å². The van der Waals surface area contributed by atoms with Crippen LogP contribution in [-0.2, 0) is 17.8 Å². The number of likely N-dealkylation sites (tertiary alicyclic amines) is 1. The molecule has 0 unspecified atom stereocenters. The molecular formula is C20H22ClFN2O2. The van der Waals surface area contributed by atoms with Gasteiger partial charge in [-0.05, 0) is 43.1 Å². The minimum absolute atomic E-state index is 0.00638. The van der Waals surface area contributed by atoms with Crippen molar-refractivity contribution in [2.24, 2.45) is 0 Å². The Labute approximate surface area is 157 Å². The highest BCUT2D eigenvalue weighted by molar-refractivity contribution is 6.32. The lowest BCUT2D eigenvalue weighted by atomic mass is 10.0. The normalized spacial score (nSPS) is 17.8. The van der Waals surface area contributed by atoms with Crippen LogP contribution in [0.5, 0.6) is 5.75 Å². The predicted molar refractivity (Wildman–Crippen MR) is 99.7 cm³/mol. The van der Waals surface area contributed by atoms with E-state index in [4.69, 9.17) is 11.6 Å². The summed E-state index contributed by atoms with van der Waals surface area (Å²) in [5.74, 6) is -0.265. The zero-order chi connectivity index (χ0) is 18.5. The first-order chi connectivity index (χ1) is 12.5. The maximum atomic E-state index is 13.8. The van der Waals surface area contributed by atoms with Crippen molar-refractivity contribution in [3.8, 4) is 5.75 Å². The number of hydrogen-bond donors (Lipinski definition) is 2. The monoisotopic (exact) mass is 376 g/mol. The van der Waals surface area contributed by atoms with E-state index < -0.39 is 0 Å². The first-order valence-electron chi connectivity index (χ1n) is 8.74. The number of halogens is 2. The summed E-state index contributed by atoms with van der Waals surface area (Å²) in [6, 6.07) is 11.6. The van der Waals surface area contributed by atoms with Crippen molar-refractivity contribution < 1.29 is 14.3 Å². The van der Waals surface area contributed by atoms with Gasteiger partial charge in [-0.15, -0.1) is 0 Å². The SMILES string of the molecule is O=C(Cc1ccc(O)c(Cl)c1)N[C@H]1CCCN(Cc2ccccc2F)C1. The molecule has 1 atom stereocenters. The van der Waals surface area contributed by atoms with Crippen LogP contribution in [-0.4, -0.2) is 35.0 Å². The summed E-state index contributed by atoms with van der Waals surface area (Å²) in [5, 5.41) is 12.7. The van der Waals surface area contributed by atoms with Crippen LogP contribution in [0.2, 0.25) is 5.02 Å².